The lowest BCUT2D eigenvalue weighted by molar-refractivity contribution is 0.293. The van der Waals surface area contributed by atoms with Gasteiger partial charge in [0.2, 0.25) is 5.88 Å². The second kappa shape index (κ2) is 5.66. The minimum absolute atomic E-state index is 0.390. The van der Waals surface area contributed by atoms with Crippen LogP contribution in [0, 0.1) is 6.92 Å². The summed E-state index contributed by atoms with van der Waals surface area (Å²) in [6.07, 6.45) is 0. The summed E-state index contributed by atoms with van der Waals surface area (Å²) < 4.78 is 5.57. The minimum atomic E-state index is 0.390. The Labute approximate surface area is 110 Å². The monoisotopic (exact) mass is 264 g/mol. The second-order valence-corrected chi connectivity index (χ2v) is 4.14. The highest BCUT2D eigenvalue weighted by Gasteiger charge is 2.02. The summed E-state index contributed by atoms with van der Waals surface area (Å²) in [6, 6.07) is 9.10. The molecule has 1 heterocycles. The van der Waals surface area contributed by atoms with Gasteiger partial charge in [-0.2, -0.15) is 4.98 Å². The van der Waals surface area contributed by atoms with E-state index in [1.54, 1.807) is 13.0 Å². The molecule has 5 nitrogen and oxygen atoms in total. The van der Waals surface area contributed by atoms with Gasteiger partial charge in [-0.05, 0) is 24.6 Å². The summed E-state index contributed by atoms with van der Waals surface area (Å²) in [7, 11) is 0. The number of nitrogens with zero attached hydrogens (tertiary/aromatic N) is 2. The fourth-order valence-electron chi connectivity index (χ4n) is 1.47. The molecule has 0 saturated carbocycles. The van der Waals surface area contributed by atoms with Crippen LogP contribution in [-0.2, 0) is 6.61 Å². The van der Waals surface area contributed by atoms with E-state index in [1.165, 1.54) is 0 Å². The topological polar surface area (TPSA) is 73.1 Å². The molecule has 94 valence electrons. The molecule has 0 aliphatic heterocycles. The Balaban J connectivity index is 2.08. The molecule has 0 amide bonds. The third-order valence-corrected chi connectivity index (χ3v) is 2.47. The first-order chi connectivity index (χ1) is 8.67. The summed E-state index contributed by atoms with van der Waals surface area (Å²) >= 11 is 5.89. The first-order valence-electron chi connectivity index (χ1n) is 5.37. The third kappa shape index (κ3) is 3.32. The van der Waals surface area contributed by atoms with Crippen molar-refractivity contribution in [2.75, 3.05) is 5.43 Å². The van der Waals surface area contributed by atoms with Gasteiger partial charge in [-0.3, -0.25) is 0 Å². The molecule has 0 atom stereocenters. The number of rotatable bonds is 4. The standard InChI is InChI=1S/C12H13ClN4O/c1-8-15-11(17-14)6-12(16-8)18-7-9-3-2-4-10(13)5-9/h2-6H,7,14H2,1H3,(H,15,16,17). The maximum absolute atomic E-state index is 5.89. The minimum Gasteiger partial charge on any atom is -0.473 e. The summed E-state index contributed by atoms with van der Waals surface area (Å²) in [5, 5.41) is 0.680. The zero-order valence-corrected chi connectivity index (χ0v) is 10.6. The van der Waals surface area contributed by atoms with Crippen molar-refractivity contribution in [3.05, 3.63) is 46.7 Å². The van der Waals surface area contributed by atoms with E-state index in [1.807, 2.05) is 24.3 Å². The largest absolute Gasteiger partial charge is 0.473 e. The molecule has 0 bridgehead atoms. The van der Waals surface area contributed by atoms with Crippen LogP contribution in [-0.4, -0.2) is 9.97 Å². The van der Waals surface area contributed by atoms with Crippen molar-refractivity contribution >= 4 is 17.4 Å². The lowest BCUT2D eigenvalue weighted by Crippen LogP contribution is -2.10. The van der Waals surface area contributed by atoms with Crippen LogP contribution >= 0.6 is 11.6 Å². The number of halogens is 1. The lowest BCUT2D eigenvalue weighted by Gasteiger charge is -2.08. The quantitative estimate of drug-likeness (QED) is 0.655. The van der Waals surface area contributed by atoms with E-state index in [2.05, 4.69) is 15.4 Å². The van der Waals surface area contributed by atoms with E-state index in [-0.39, 0.29) is 0 Å². The predicted octanol–water partition coefficient (Wildman–Crippen LogP) is 2.30. The van der Waals surface area contributed by atoms with Crippen molar-refractivity contribution in [2.45, 2.75) is 13.5 Å². The van der Waals surface area contributed by atoms with Gasteiger partial charge in [0.05, 0.1) is 0 Å². The van der Waals surface area contributed by atoms with Crippen LogP contribution in [0.15, 0.2) is 30.3 Å². The van der Waals surface area contributed by atoms with Gasteiger partial charge < -0.3 is 10.2 Å². The average Bonchev–Trinajstić information content (AvgIpc) is 2.36. The molecular weight excluding hydrogens is 252 g/mol. The molecule has 1 aromatic heterocycles. The Bertz CT molecular complexity index is 547. The average molecular weight is 265 g/mol. The van der Waals surface area contributed by atoms with E-state index in [0.29, 0.717) is 29.2 Å². The number of anilines is 1. The zero-order valence-electron chi connectivity index (χ0n) is 9.85. The van der Waals surface area contributed by atoms with Crippen LogP contribution in [0.25, 0.3) is 0 Å². The number of hydrogen-bond acceptors (Lipinski definition) is 5. The van der Waals surface area contributed by atoms with Crippen molar-refractivity contribution in [3.8, 4) is 5.88 Å². The highest BCUT2D eigenvalue weighted by atomic mass is 35.5. The fourth-order valence-corrected chi connectivity index (χ4v) is 1.69. The zero-order chi connectivity index (χ0) is 13.0. The van der Waals surface area contributed by atoms with Crippen LogP contribution in [0.5, 0.6) is 5.88 Å². The Hall–Kier alpha value is -1.85. The van der Waals surface area contributed by atoms with Gasteiger partial charge in [-0.25, -0.2) is 10.8 Å². The molecule has 3 N–H and O–H groups in total. The fraction of sp³-hybridized carbons (Fsp3) is 0.167. The number of nitrogens with two attached hydrogens (primary N) is 1. The van der Waals surface area contributed by atoms with Gasteiger partial charge in [-0.1, -0.05) is 23.7 Å². The van der Waals surface area contributed by atoms with E-state index in [0.717, 1.165) is 5.56 Å². The lowest BCUT2D eigenvalue weighted by atomic mass is 10.2. The molecule has 0 aliphatic rings. The summed E-state index contributed by atoms with van der Waals surface area (Å²) in [6.45, 7) is 2.16. The molecular formula is C12H13ClN4O. The second-order valence-electron chi connectivity index (χ2n) is 3.70. The van der Waals surface area contributed by atoms with Crippen molar-refractivity contribution in [3.63, 3.8) is 0 Å². The first kappa shape index (κ1) is 12.6. The molecule has 1 aromatic carbocycles. The third-order valence-electron chi connectivity index (χ3n) is 2.24. The number of hydrazine groups is 1. The van der Waals surface area contributed by atoms with Crippen LogP contribution in [0.3, 0.4) is 0 Å². The van der Waals surface area contributed by atoms with Gasteiger partial charge in [-0.15, -0.1) is 0 Å². The first-order valence-corrected chi connectivity index (χ1v) is 5.75. The Morgan fingerprint density at radius 1 is 1.33 bits per heavy atom. The SMILES string of the molecule is Cc1nc(NN)cc(OCc2cccc(Cl)c2)n1. The van der Waals surface area contributed by atoms with Crippen molar-refractivity contribution < 1.29 is 4.74 Å². The summed E-state index contributed by atoms with van der Waals surface area (Å²) in [4.78, 5) is 8.23. The normalized spacial score (nSPS) is 10.2. The molecule has 2 aromatic rings. The maximum atomic E-state index is 5.89. The molecule has 6 heteroatoms. The van der Waals surface area contributed by atoms with Gasteiger partial charge in [0, 0.05) is 11.1 Å². The van der Waals surface area contributed by atoms with E-state index < -0.39 is 0 Å². The number of hydrogen-bond donors (Lipinski definition) is 2. The molecule has 0 spiro atoms. The Kier molecular flexibility index (Phi) is 3.96. The van der Waals surface area contributed by atoms with Crippen LogP contribution in [0.1, 0.15) is 11.4 Å². The molecule has 0 radical (unpaired) electrons. The van der Waals surface area contributed by atoms with Crippen LogP contribution < -0.4 is 16.0 Å². The summed E-state index contributed by atoms with van der Waals surface area (Å²) in [5.41, 5.74) is 3.44. The highest BCUT2D eigenvalue weighted by Crippen LogP contribution is 2.16. The van der Waals surface area contributed by atoms with Crippen molar-refractivity contribution in [1.82, 2.24) is 9.97 Å². The Morgan fingerprint density at radius 2 is 2.17 bits per heavy atom. The number of ether oxygens (including phenoxy) is 1. The molecule has 18 heavy (non-hydrogen) atoms. The van der Waals surface area contributed by atoms with E-state index in [4.69, 9.17) is 22.2 Å². The van der Waals surface area contributed by atoms with Gasteiger partial charge in [0.1, 0.15) is 18.2 Å². The maximum Gasteiger partial charge on any atom is 0.219 e. The number of benzene rings is 1. The van der Waals surface area contributed by atoms with Crippen molar-refractivity contribution in [2.24, 2.45) is 5.84 Å². The van der Waals surface area contributed by atoms with Gasteiger partial charge >= 0.3 is 0 Å². The highest BCUT2D eigenvalue weighted by molar-refractivity contribution is 6.30. The molecule has 0 saturated heterocycles. The van der Waals surface area contributed by atoms with Crippen LogP contribution in [0.2, 0.25) is 5.02 Å². The number of nitrogens with one attached hydrogen (secondary N) is 1. The Morgan fingerprint density at radius 3 is 2.89 bits per heavy atom. The van der Waals surface area contributed by atoms with Gasteiger partial charge in [0.25, 0.3) is 0 Å². The van der Waals surface area contributed by atoms with Crippen LogP contribution in [0.4, 0.5) is 5.82 Å². The molecule has 0 fully saturated rings. The van der Waals surface area contributed by atoms with Gasteiger partial charge in [0.15, 0.2) is 0 Å². The number of nitrogen functional groups attached to an aromatic ring is 1. The molecule has 0 unspecified atom stereocenters. The molecule has 2 rings (SSSR count). The van der Waals surface area contributed by atoms with E-state index >= 15 is 0 Å². The predicted molar refractivity (Wildman–Crippen MR) is 70.4 cm³/mol. The molecule has 0 aliphatic carbocycles. The smallest absolute Gasteiger partial charge is 0.219 e. The summed E-state index contributed by atoms with van der Waals surface area (Å²) in [5.74, 6) is 6.88. The van der Waals surface area contributed by atoms with E-state index in [9.17, 15) is 0 Å². The number of aromatic nitrogens is 2. The van der Waals surface area contributed by atoms with Crippen molar-refractivity contribution in [1.29, 1.82) is 0 Å². The number of aryl methyl sites for hydroxylation is 1.